The van der Waals surface area contributed by atoms with Crippen molar-refractivity contribution in [3.05, 3.63) is 50.7 Å². The first-order chi connectivity index (χ1) is 11.4. The van der Waals surface area contributed by atoms with Gasteiger partial charge in [-0.15, -0.1) is 11.3 Å². The fraction of sp³-hybridized carbons (Fsp3) is 0.412. The second-order valence-corrected chi connectivity index (χ2v) is 9.87. The van der Waals surface area contributed by atoms with E-state index >= 15 is 0 Å². The highest BCUT2D eigenvalue weighted by Gasteiger charge is 2.28. The Bertz CT molecular complexity index is 825. The van der Waals surface area contributed by atoms with Crippen molar-refractivity contribution in [1.29, 1.82) is 0 Å². The second kappa shape index (κ2) is 7.14. The Morgan fingerprint density at radius 3 is 2.33 bits per heavy atom. The number of hydrogen-bond donors (Lipinski definition) is 0. The molecule has 0 spiro atoms. The predicted octanol–water partition coefficient (Wildman–Crippen LogP) is 3.52. The van der Waals surface area contributed by atoms with E-state index in [-0.39, 0.29) is 0 Å². The Balaban J connectivity index is 1.65. The molecule has 3 rings (SSSR count). The van der Waals surface area contributed by atoms with Crippen molar-refractivity contribution in [2.24, 2.45) is 0 Å². The van der Waals surface area contributed by atoms with E-state index in [4.69, 9.17) is 11.6 Å². The zero-order valence-corrected chi connectivity index (χ0v) is 16.2. The molecule has 130 valence electrons. The first kappa shape index (κ1) is 17.9. The summed E-state index contributed by atoms with van der Waals surface area (Å²) >= 11 is 7.54. The smallest absolute Gasteiger partial charge is 0.243 e. The maximum absolute atomic E-state index is 12.8. The van der Waals surface area contributed by atoms with Gasteiger partial charge in [0.25, 0.3) is 0 Å². The number of aryl methyl sites for hydroxylation is 2. The molecule has 1 aliphatic rings. The third kappa shape index (κ3) is 3.83. The molecule has 24 heavy (non-hydrogen) atoms. The van der Waals surface area contributed by atoms with Crippen LogP contribution in [0.2, 0.25) is 4.34 Å². The summed E-state index contributed by atoms with van der Waals surface area (Å²) in [5.41, 5.74) is 2.11. The van der Waals surface area contributed by atoms with Gasteiger partial charge >= 0.3 is 0 Å². The molecule has 1 saturated heterocycles. The Morgan fingerprint density at radius 1 is 1.04 bits per heavy atom. The Labute approximate surface area is 152 Å². The van der Waals surface area contributed by atoms with Crippen molar-refractivity contribution in [3.8, 4) is 0 Å². The zero-order valence-electron chi connectivity index (χ0n) is 13.8. The molecule has 0 saturated carbocycles. The normalized spacial score (nSPS) is 17.3. The number of thiophene rings is 1. The van der Waals surface area contributed by atoms with E-state index in [0.717, 1.165) is 35.1 Å². The minimum absolute atomic E-state index is 0.393. The van der Waals surface area contributed by atoms with Crippen molar-refractivity contribution in [3.63, 3.8) is 0 Å². The van der Waals surface area contributed by atoms with E-state index < -0.39 is 10.0 Å². The lowest BCUT2D eigenvalue weighted by molar-refractivity contribution is 0.183. The number of nitrogens with zero attached hydrogens (tertiary/aromatic N) is 2. The maximum Gasteiger partial charge on any atom is 0.243 e. The van der Waals surface area contributed by atoms with Gasteiger partial charge in [0.05, 0.1) is 9.23 Å². The monoisotopic (exact) mass is 384 g/mol. The summed E-state index contributed by atoms with van der Waals surface area (Å²) in [6.45, 7) is 7.27. The van der Waals surface area contributed by atoms with Crippen molar-refractivity contribution in [1.82, 2.24) is 9.21 Å². The second-order valence-electron chi connectivity index (χ2n) is 6.13. The summed E-state index contributed by atoms with van der Waals surface area (Å²) in [7, 11) is -3.41. The van der Waals surface area contributed by atoms with E-state index in [0.29, 0.717) is 18.0 Å². The van der Waals surface area contributed by atoms with Gasteiger partial charge in [-0.25, -0.2) is 8.42 Å². The zero-order chi connectivity index (χ0) is 17.3. The average Bonchev–Trinajstić information content (AvgIpc) is 2.95. The molecule has 4 nitrogen and oxygen atoms in total. The van der Waals surface area contributed by atoms with Crippen molar-refractivity contribution < 1.29 is 8.42 Å². The summed E-state index contributed by atoms with van der Waals surface area (Å²) in [6, 6.07) is 9.29. The molecule has 2 aromatic rings. The van der Waals surface area contributed by atoms with E-state index in [9.17, 15) is 8.42 Å². The van der Waals surface area contributed by atoms with Crippen molar-refractivity contribution in [2.45, 2.75) is 25.3 Å². The van der Waals surface area contributed by atoms with Gasteiger partial charge in [-0.3, -0.25) is 4.90 Å². The molecular weight excluding hydrogens is 364 g/mol. The number of benzene rings is 1. The van der Waals surface area contributed by atoms with Crippen LogP contribution in [0.1, 0.15) is 16.0 Å². The standard InChI is InChI=1S/C17H21ClN2O2S2/c1-13-3-5-16(11-14(13)2)24(21,22)20-9-7-19(8-10-20)12-15-4-6-17(18)23-15/h3-6,11H,7-10,12H2,1-2H3. The number of halogens is 1. The highest BCUT2D eigenvalue weighted by Crippen LogP contribution is 2.24. The number of hydrogen-bond acceptors (Lipinski definition) is 4. The van der Waals surface area contributed by atoms with Crippen LogP contribution < -0.4 is 0 Å². The van der Waals surface area contributed by atoms with Crippen LogP contribution in [0.25, 0.3) is 0 Å². The molecular formula is C17H21ClN2O2S2. The summed E-state index contributed by atoms with van der Waals surface area (Å²) in [6.07, 6.45) is 0. The number of piperazine rings is 1. The highest BCUT2D eigenvalue weighted by atomic mass is 35.5. The van der Waals surface area contributed by atoms with Gasteiger partial charge in [-0.1, -0.05) is 17.7 Å². The van der Waals surface area contributed by atoms with Crippen LogP contribution in [0.5, 0.6) is 0 Å². The minimum atomic E-state index is -3.41. The quantitative estimate of drug-likeness (QED) is 0.809. The first-order valence-corrected chi connectivity index (χ1v) is 10.5. The molecule has 0 radical (unpaired) electrons. The van der Waals surface area contributed by atoms with Crippen molar-refractivity contribution in [2.75, 3.05) is 26.2 Å². The largest absolute Gasteiger partial charge is 0.296 e. The van der Waals surface area contributed by atoms with Gasteiger partial charge < -0.3 is 0 Å². The predicted molar refractivity (Wildman–Crippen MR) is 99.3 cm³/mol. The summed E-state index contributed by atoms with van der Waals surface area (Å²) in [4.78, 5) is 3.88. The van der Waals surface area contributed by atoms with Crippen LogP contribution in [0, 0.1) is 13.8 Å². The topological polar surface area (TPSA) is 40.6 Å². The molecule has 0 N–H and O–H groups in total. The number of rotatable bonds is 4. The van der Waals surface area contributed by atoms with E-state index in [1.54, 1.807) is 27.8 Å². The van der Waals surface area contributed by atoms with Gasteiger partial charge in [0.15, 0.2) is 0 Å². The molecule has 0 bridgehead atoms. The van der Waals surface area contributed by atoms with Gasteiger partial charge in [-0.05, 0) is 49.2 Å². The molecule has 2 heterocycles. The number of sulfonamides is 1. The molecule has 1 aliphatic heterocycles. The van der Waals surface area contributed by atoms with Gasteiger partial charge in [0.1, 0.15) is 0 Å². The van der Waals surface area contributed by atoms with Gasteiger partial charge in [0, 0.05) is 37.6 Å². The highest BCUT2D eigenvalue weighted by molar-refractivity contribution is 7.89. The van der Waals surface area contributed by atoms with Crippen molar-refractivity contribution >= 4 is 33.0 Å². The Kier molecular flexibility index (Phi) is 5.32. The molecule has 7 heteroatoms. The van der Waals surface area contributed by atoms with E-state index in [1.807, 2.05) is 32.0 Å². The lowest BCUT2D eigenvalue weighted by Crippen LogP contribution is -2.48. The average molecular weight is 385 g/mol. The molecule has 1 fully saturated rings. The van der Waals surface area contributed by atoms with E-state index in [2.05, 4.69) is 4.90 Å². The van der Waals surface area contributed by atoms with Crippen LogP contribution in [-0.4, -0.2) is 43.8 Å². The molecule has 0 unspecified atom stereocenters. The SMILES string of the molecule is Cc1ccc(S(=O)(=O)N2CCN(Cc3ccc(Cl)s3)CC2)cc1C. The maximum atomic E-state index is 12.8. The summed E-state index contributed by atoms with van der Waals surface area (Å²) in [5.74, 6) is 0. The fourth-order valence-corrected chi connectivity index (χ4v) is 5.45. The van der Waals surface area contributed by atoms with Crippen LogP contribution in [0.15, 0.2) is 35.2 Å². The molecule has 0 amide bonds. The van der Waals surface area contributed by atoms with Gasteiger partial charge in [-0.2, -0.15) is 4.31 Å². The van der Waals surface area contributed by atoms with Crippen LogP contribution in [0.3, 0.4) is 0 Å². The lowest BCUT2D eigenvalue weighted by atomic mass is 10.1. The van der Waals surface area contributed by atoms with E-state index in [1.165, 1.54) is 4.88 Å². The Hall–Kier alpha value is -0.920. The van der Waals surface area contributed by atoms with Gasteiger partial charge in [0.2, 0.25) is 10.0 Å². The fourth-order valence-electron chi connectivity index (χ4n) is 2.81. The summed E-state index contributed by atoms with van der Waals surface area (Å²) in [5, 5.41) is 0. The Morgan fingerprint density at radius 2 is 1.75 bits per heavy atom. The molecule has 0 atom stereocenters. The molecule has 1 aromatic carbocycles. The van der Waals surface area contributed by atoms with Crippen LogP contribution in [0.4, 0.5) is 0 Å². The third-order valence-electron chi connectivity index (χ3n) is 4.46. The molecule has 0 aliphatic carbocycles. The first-order valence-electron chi connectivity index (χ1n) is 7.90. The molecule has 1 aromatic heterocycles. The van der Waals surface area contributed by atoms with Crippen LogP contribution >= 0.6 is 22.9 Å². The minimum Gasteiger partial charge on any atom is -0.296 e. The summed E-state index contributed by atoms with van der Waals surface area (Å²) < 4.78 is 28.0. The lowest BCUT2D eigenvalue weighted by Gasteiger charge is -2.33. The third-order valence-corrected chi connectivity index (χ3v) is 7.57. The van der Waals surface area contributed by atoms with Crippen LogP contribution in [-0.2, 0) is 16.6 Å².